The first-order valence-corrected chi connectivity index (χ1v) is 7.98. The maximum absolute atomic E-state index is 12.5. The Morgan fingerprint density at radius 3 is 2.62 bits per heavy atom. The summed E-state index contributed by atoms with van der Waals surface area (Å²) in [6, 6.07) is 18.0. The van der Waals surface area contributed by atoms with Crippen molar-refractivity contribution >= 4 is 22.4 Å². The number of pyridine rings is 1. The second kappa shape index (κ2) is 7.23. The van der Waals surface area contributed by atoms with Crippen molar-refractivity contribution in [3.8, 4) is 0 Å². The number of nitrogens with one attached hydrogen (secondary N) is 1. The maximum atomic E-state index is 12.5. The van der Waals surface area contributed by atoms with Crippen molar-refractivity contribution < 1.29 is 4.79 Å². The van der Waals surface area contributed by atoms with Crippen LogP contribution in [0.25, 0.3) is 10.8 Å². The zero-order valence-corrected chi connectivity index (χ0v) is 13.9. The van der Waals surface area contributed by atoms with E-state index in [1.165, 1.54) is 0 Å². The lowest BCUT2D eigenvalue weighted by Crippen LogP contribution is -2.25. The first-order valence-electron chi connectivity index (χ1n) is 7.98. The Labute approximate surface area is 142 Å². The first kappa shape index (κ1) is 16.1. The molecule has 4 nitrogen and oxygen atoms in total. The highest BCUT2D eigenvalue weighted by atomic mass is 16.1. The SMILES string of the molecule is CN(C)[C@@H](CC(=O)Nc1ccc2cnccc2c1)c1ccccc1. The highest BCUT2D eigenvalue weighted by molar-refractivity contribution is 5.94. The largest absolute Gasteiger partial charge is 0.326 e. The third-order valence-electron chi connectivity index (χ3n) is 4.11. The second-order valence-electron chi connectivity index (χ2n) is 6.08. The lowest BCUT2D eigenvalue weighted by Gasteiger charge is -2.24. The van der Waals surface area contributed by atoms with Gasteiger partial charge in [0.05, 0.1) is 0 Å². The van der Waals surface area contributed by atoms with Crippen LogP contribution in [-0.2, 0) is 4.79 Å². The van der Waals surface area contributed by atoms with Crippen LogP contribution in [0.4, 0.5) is 5.69 Å². The van der Waals surface area contributed by atoms with Gasteiger partial charge in [0.1, 0.15) is 0 Å². The van der Waals surface area contributed by atoms with Crippen LogP contribution in [0.1, 0.15) is 18.0 Å². The summed E-state index contributed by atoms with van der Waals surface area (Å²) in [6.07, 6.45) is 3.98. The molecule has 0 spiro atoms. The van der Waals surface area contributed by atoms with Gasteiger partial charge in [-0.3, -0.25) is 9.78 Å². The number of anilines is 1. The van der Waals surface area contributed by atoms with Crippen LogP contribution in [-0.4, -0.2) is 29.9 Å². The number of carbonyl (C=O) groups excluding carboxylic acids is 1. The molecule has 0 unspecified atom stereocenters. The average molecular weight is 319 g/mol. The van der Waals surface area contributed by atoms with E-state index in [1.54, 1.807) is 6.20 Å². The number of fused-ring (bicyclic) bond motifs is 1. The number of nitrogens with zero attached hydrogens (tertiary/aromatic N) is 2. The van der Waals surface area contributed by atoms with Crippen LogP contribution in [0.2, 0.25) is 0 Å². The number of rotatable bonds is 5. The van der Waals surface area contributed by atoms with Gasteiger partial charge in [-0.15, -0.1) is 0 Å². The van der Waals surface area contributed by atoms with Gasteiger partial charge in [0.15, 0.2) is 0 Å². The zero-order valence-electron chi connectivity index (χ0n) is 13.9. The van der Waals surface area contributed by atoms with Crippen molar-refractivity contribution in [1.82, 2.24) is 9.88 Å². The Morgan fingerprint density at radius 1 is 1.08 bits per heavy atom. The summed E-state index contributed by atoms with van der Waals surface area (Å²) in [5.74, 6) is 0.00552. The Hall–Kier alpha value is -2.72. The molecule has 1 atom stereocenters. The van der Waals surface area contributed by atoms with Gasteiger partial charge in [0.2, 0.25) is 5.91 Å². The highest BCUT2D eigenvalue weighted by Gasteiger charge is 2.18. The fourth-order valence-corrected chi connectivity index (χ4v) is 2.82. The van der Waals surface area contributed by atoms with Crippen molar-refractivity contribution in [3.63, 3.8) is 0 Å². The molecular weight excluding hydrogens is 298 g/mol. The van der Waals surface area contributed by atoms with E-state index in [2.05, 4.69) is 27.3 Å². The summed E-state index contributed by atoms with van der Waals surface area (Å²) >= 11 is 0. The molecule has 0 aliphatic heterocycles. The summed E-state index contributed by atoms with van der Waals surface area (Å²) < 4.78 is 0. The molecule has 1 N–H and O–H groups in total. The van der Waals surface area contributed by atoms with E-state index in [0.29, 0.717) is 6.42 Å². The molecule has 0 aliphatic carbocycles. The molecule has 24 heavy (non-hydrogen) atoms. The number of hydrogen-bond acceptors (Lipinski definition) is 3. The lowest BCUT2D eigenvalue weighted by atomic mass is 10.0. The Kier molecular flexibility index (Phi) is 4.87. The van der Waals surface area contributed by atoms with Crippen LogP contribution in [0.3, 0.4) is 0 Å². The highest BCUT2D eigenvalue weighted by Crippen LogP contribution is 2.23. The monoisotopic (exact) mass is 319 g/mol. The molecule has 1 aromatic heterocycles. The van der Waals surface area contributed by atoms with E-state index in [1.807, 2.05) is 62.8 Å². The predicted molar refractivity (Wildman–Crippen MR) is 97.9 cm³/mol. The second-order valence-corrected chi connectivity index (χ2v) is 6.08. The molecule has 3 rings (SSSR count). The number of aromatic nitrogens is 1. The molecule has 0 fully saturated rings. The van der Waals surface area contributed by atoms with Crippen LogP contribution in [0.5, 0.6) is 0 Å². The summed E-state index contributed by atoms with van der Waals surface area (Å²) in [6.45, 7) is 0. The van der Waals surface area contributed by atoms with Crippen molar-refractivity contribution in [1.29, 1.82) is 0 Å². The van der Waals surface area contributed by atoms with Crippen LogP contribution < -0.4 is 5.32 Å². The molecule has 2 aromatic carbocycles. The third kappa shape index (κ3) is 3.78. The standard InChI is InChI=1S/C20H21N3O/c1-23(2)19(15-6-4-3-5-7-15)13-20(24)22-18-9-8-17-14-21-11-10-16(17)12-18/h3-12,14,19H,13H2,1-2H3,(H,22,24)/t19-/m0/s1. The van der Waals surface area contributed by atoms with Crippen LogP contribution in [0.15, 0.2) is 67.0 Å². The minimum Gasteiger partial charge on any atom is -0.326 e. The molecule has 0 saturated carbocycles. The average Bonchev–Trinajstić information content (AvgIpc) is 2.60. The van der Waals surface area contributed by atoms with Gasteiger partial charge in [-0.25, -0.2) is 0 Å². The van der Waals surface area contributed by atoms with E-state index < -0.39 is 0 Å². The van der Waals surface area contributed by atoms with Gasteiger partial charge >= 0.3 is 0 Å². The molecule has 3 aromatic rings. The van der Waals surface area contributed by atoms with E-state index in [9.17, 15) is 4.79 Å². The van der Waals surface area contributed by atoms with E-state index in [0.717, 1.165) is 22.0 Å². The fraction of sp³-hybridized carbons (Fsp3) is 0.200. The summed E-state index contributed by atoms with van der Waals surface area (Å²) in [7, 11) is 3.99. The summed E-state index contributed by atoms with van der Waals surface area (Å²) in [4.78, 5) is 18.7. The van der Waals surface area contributed by atoms with E-state index in [4.69, 9.17) is 0 Å². The quantitative estimate of drug-likeness (QED) is 0.776. The van der Waals surface area contributed by atoms with Crippen molar-refractivity contribution in [2.45, 2.75) is 12.5 Å². The molecule has 0 bridgehead atoms. The van der Waals surface area contributed by atoms with Gasteiger partial charge in [0, 0.05) is 35.9 Å². The number of hydrogen-bond donors (Lipinski definition) is 1. The van der Waals surface area contributed by atoms with Gasteiger partial charge < -0.3 is 10.2 Å². The number of carbonyl (C=O) groups is 1. The number of amides is 1. The molecule has 122 valence electrons. The van der Waals surface area contributed by atoms with Crippen molar-refractivity contribution in [2.75, 3.05) is 19.4 Å². The predicted octanol–water partition coefficient (Wildman–Crippen LogP) is 3.87. The molecule has 1 amide bonds. The van der Waals surface area contributed by atoms with Crippen molar-refractivity contribution in [3.05, 3.63) is 72.6 Å². The molecule has 4 heteroatoms. The Morgan fingerprint density at radius 2 is 1.88 bits per heavy atom. The molecule has 0 radical (unpaired) electrons. The fourth-order valence-electron chi connectivity index (χ4n) is 2.82. The topological polar surface area (TPSA) is 45.2 Å². The Bertz CT molecular complexity index is 830. The molecular formula is C20H21N3O. The number of benzene rings is 2. The third-order valence-corrected chi connectivity index (χ3v) is 4.11. The summed E-state index contributed by atoms with van der Waals surface area (Å²) in [5, 5.41) is 5.13. The van der Waals surface area contributed by atoms with E-state index >= 15 is 0 Å². The minimum atomic E-state index is 0.00552. The first-order chi connectivity index (χ1) is 11.6. The van der Waals surface area contributed by atoms with Crippen LogP contribution in [0, 0.1) is 0 Å². The van der Waals surface area contributed by atoms with Crippen LogP contribution >= 0.6 is 0 Å². The molecule has 0 aliphatic rings. The van der Waals surface area contributed by atoms with Crippen molar-refractivity contribution in [2.24, 2.45) is 0 Å². The van der Waals surface area contributed by atoms with E-state index in [-0.39, 0.29) is 11.9 Å². The molecule has 0 saturated heterocycles. The van der Waals surface area contributed by atoms with Gasteiger partial charge in [-0.05, 0) is 43.2 Å². The lowest BCUT2D eigenvalue weighted by molar-refractivity contribution is -0.117. The van der Waals surface area contributed by atoms with Gasteiger partial charge in [-0.2, -0.15) is 0 Å². The minimum absolute atomic E-state index is 0.00552. The Balaban J connectivity index is 1.73. The normalized spacial score (nSPS) is 12.3. The maximum Gasteiger partial charge on any atom is 0.226 e. The molecule has 1 heterocycles. The van der Waals surface area contributed by atoms with Gasteiger partial charge in [-0.1, -0.05) is 36.4 Å². The zero-order chi connectivity index (χ0) is 16.9. The smallest absolute Gasteiger partial charge is 0.226 e. The summed E-state index contributed by atoms with van der Waals surface area (Å²) in [5.41, 5.74) is 1.95. The van der Waals surface area contributed by atoms with Gasteiger partial charge in [0.25, 0.3) is 0 Å².